The number of amides is 2. The van der Waals surface area contributed by atoms with Crippen LogP contribution >= 0.6 is 0 Å². The van der Waals surface area contributed by atoms with Crippen LogP contribution < -0.4 is 20.8 Å². The Bertz CT molecular complexity index is 3180. The van der Waals surface area contributed by atoms with Gasteiger partial charge in [-0.05, 0) is 133 Å². The maximum atomic E-state index is 14.0. The van der Waals surface area contributed by atoms with E-state index in [2.05, 4.69) is 10.6 Å². The number of aliphatic carboxylic acids is 2. The molecule has 0 bridgehead atoms. The number of aliphatic hydroxyl groups is 4. The van der Waals surface area contributed by atoms with E-state index in [1.54, 1.807) is 48.5 Å². The third kappa shape index (κ3) is 19.5. The second kappa shape index (κ2) is 34.3. The molecule has 15 nitrogen and oxygen atoms in total. The zero-order valence-corrected chi connectivity index (χ0v) is 49.6. The van der Waals surface area contributed by atoms with Gasteiger partial charge < -0.3 is 65.5 Å². The third-order valence-corrected chi connectivity index (χ3v) is 13.8. The molecule has 85 heavy (non-hydrogen) atoms. The summed E-state index contributed by atoms with van der Waals surface area (Å²) < 4.78 is 32.0. The molecule has 4 atom stereocenters. The van der Waals surface area contributed by atoms with Gasteiger partial charge >= 0.3 is 75.5 Å². The van der Waals surface area contributed by atoms with Gasteiger partial charge in [-0.25, -0.2) is 8.78 Å². The van der Waals surface area contributed by atoms with Gasteiger partial charge in [0.05, 0.1) is 46.9 Å². The number of aliphatic hydroxyl groups excluding tert-OH is 4. The Kier molecular flexibility index (Phi) is 28.8. The topological polar surface area (TPSA) is 261 Å². The standard InChI is InChI=1S/2C33H35FN2O5.2Ca.H2O.2H/c2*1-21(2)31-30(33(41)35-25-11-7-4-8-12-25)29(22-9-5-3-6-10-22)32(23-13-15-24(34)16-14-23)36(31)18-17-26(37)19-27(38)20-28(39)40;;;;;/h2*3-16,21,26-27,37-38H,17-20H2,1-2H3,(H,35,41)(H,39,40);;;1H2;;/q;;;+2;;;/p-2/t2*26-,27-;;;;;/m11...../s1. The van der Waals surface area contributed by atoms with E-state index in [9.17, 15) is 58.6 Å². The van der Waals surface area contributed by atoms with Crippen molar-refractivity contribution in [3.05, 3.63) is 204 Å². The van der Waals surface area contributed by atoms with E-state index in [-0.39, 0.29) is 143 Å². The van der Waals surface area contributed by atoms with Crippen molar-refractivity contribution in [1.82, 2.24) is 9.13 Å². The number of carbonyl (C=O) groups excluding carboxylic acids is 4. The summed E-state index contributed by atoms with van der Waals surface area (Å²) in [4.78, 5) is 49.8. The minimum atomic E-state index is -1.39. The number of benzene rings is 6. The zero-order valence-electron chi connectivity index (χ0n) is 47.4. The van der Waals surface area contributed by atoms with Gasteiger partial charge in [0, 0.05) is 71.8 Å². The molecule has 440 valence electrons. The summed E-state index contributed by atoms with van der Waals surface area (Å²) in [6, 6.07) is 49.4. The van der Waals surface area contributed by atoms with Gasteiger partial charge in [-0.3, -0.25) is 9.59 Å². The Hall–Kier alpha value is -6.06. The van der Waals surface area contributed by atoms with Crippen molar-refractivity contribution < 1.29 is 64.1 Å². The number of carboxylic acids is 2. The van der Waals surface area contributed by atoms with E-state index in [4.69, 9.17) is 0 Å². The summed E-state index contributed by atoms with van der Waals surface area (Å²) in [6.45, 7) is 8.45. The molecule has 0 fully saturated rings. The minimum absolute atomic E-state index is 0. The molecule has 2 aromatic heterocycles. The van der Waals surface area contributed by atoms with Crippen LogP contribution in [0.1, 0.15) is 110 Å². The summed E-state index contributed by atoms with van der Waals surface area (Å²) in [6.07, 6.45) is -5.54. The first-order valence-corrected chi connectivity index (χ1v) is 27.3. The van der Waals surface area contributed by atoms with Crippen LogP contribution in [0.25, 0.3) is 44.8 Å². The van der Waals surface area contributed by atoms with Crippen LogP contribution in [0, 0.1) is 11.6 Å². The van der Waals surface area contributed by atoms with E-state index >= 15 is 0 Å². The van der Waals surface area contributed by atoms with Crippen LogP contribution in [0.15, 0.2) is 170 Å². The Balaban J connectivity index is 0.000000352. The fourth-order valence-electron chi connectivity index (χ4n) is 10.4. The average molecular weight is 1220 g/mol. The number of carboxylic acid groups (broad SMARTS) is 2. The molecule has 2 amide bonds. The SMILES string of the molecule is CC(C)c1c(C(=O)Nc2ccccc2)c(-c2ccccc2)c(-c2ccc(F)cc2)n1CC[C@@H](O)C[C@@H](O)CC(=O)[O-].CC(C)c1c(C(=O)Nc2ccccc2)c(-c2ccccc2)c(-c2ccc(F)cc2)n1CC[C@@H](O)C[C@@H](O)CC(=O)[O-].O.[Ca+2].[CaH2]. The van der Waals surface area contributed by atoms with E-state index in [1.807, 2.05) is 134 Å². The van der Waals surface area contributed by atoms with Crippen LogP contribution in [0.2, 0.25) is 0 Å². The van der Waals surface area contributed by atoms with Gasteiger partial charge in [0.25, 0.3) is 11.8 Å². The number of nitrogens with zero attached hydrogens (tertiary/aromatic N) is 2. The molecule has 8 N–H and O–H groups in total. The molecule has 0 saturated carbocycles. The number of nitrogens with one attached hydrogen (secondary N) is 2. The van der Waals surface area contributed by atoms with Crippen molar-refractivity contribution in [2.24, 2.45) is 0 Å². The first-order valence-electron chi connectivity index (χ1n) is 27.3. The third-order valence-electron chi connectivity index (χ3n) is 13.8. The van der Waals surface area contributed by atoms with Crippen LogP contribution in [0.5, 0.6) is 0 Å². The molecule has 0 saturated heterocycles. The van der Waals surface area contributed by atoms with Crippen LogP contribution in [0.4, 0.5) is 20.2 Å². The zero-order chi connectivity index (χ0) is 59.0. The van der Waals surface area contributed by atoms with Crippen molar-refractivity contribution in [3.63, 3.8) is 0 Å². The van der Waals surface area contributed by atoms with Gasteiger partial charge in [-0.1, -0.05) is 125 Å². The molecule has 0 spiro atoms. The molecule has 8 rings (SSSR count). The number of halogens is 2. The fraction of sp³-hybridized carbons (Fsp3) is 0.273. The Labute approximate surface area is 553 Å². The predicted molar refractivity (Wildman–Crippen MR) is 327 cm³/mol. The van der Waals surface area contributed by atoms with Crippen LogP contribution in [-0.4, -0.2) is 159 Å². The van der Waals surface area contributed by atoms with E-state index in [0.29, 0.717) is 56.1 Å². The molecule has 0 aliphatic carbocycles. The number of anilines is 2. The van der Waals surface area contributed by atoms with Gasteiger partial charge in [-0.2, -0.15) is 0 Å². The Morgan fingerprint density at radius 1 is 0.459 bits per heavy atom. The van der Waals surface area contributed by atoms with Crippen molar-refractivity contribution in [2.75, 3.05) is 10.6 Å². The average Bonchev–Trinajstić information content (AvgIpc) is 2.07. The number of carbonyl (C=O) groups is 4. The van der Waals surface area contributed by atoms with Crippen LogP contribution in [0.3, 0.4) is 0 Å². The first kappa shape index (κ1) is 71.4. The molecule has 19 heteroatoms. The second-order valence-electron chi connectivity index (χ2n) is 20.8. The Morgan fingerprint density at radius 3 is 1.04 bits per heavy atom. The van der Waals surface area contributed by atoms with Crippen molar-refractivity contribution in [3.8, 4) is 44.8 Å². The number of aromatic nitrogens is 2. The number of hydrogen-bond acceptors (Lipinski definition) is 10. The number of hydrogen-bond donors (Lipinski definition) is 6. The molecule has 0 aliphatic rings. The number of rotatable bonds is 24. The molecule has 0 unspecified atom stereocenters. The van der Waals surface area contributed by atoms with E-state index < -0.39 is 60.8 Å². The first-order chi connectivity index (χ1) is 39.3. The summed E-state index contributed by atoms with van der Waals surface area (Å²) in [7, 11) is 0. The molecule has 8 aromatic rings. The molecule has 2 heterocycles. The van der Waals surface area contributed by atoms with Gasteiger partial charge in [-0.15, -0.1) is 0 Å². The fourth-order valence-corrected chi connectivity index (χ4v) is 10.4. The summed E-state index contributed by atoms with van der Waals surface area (Å²) >= 11 is 0. The van der Waals surface area contributed by atoms with Gasteiger partial charge in [0.2, 0.25) is 0 Å². The molecular formula is C66H72Ca2F2N4O11. The maximum absolute atomic E-state index is 14.0. The van der Waals surface area contributed by atoms with Gasteiger partial charge in [0.1, 0.15) is 11.6 Å². The second-order valence-corrected chi connectivity index (χ2v) is 20.8. The van der Waals surface area contributed by atoms with Crippen molar-refractivity contribution in [2.45, 2.75) is 116 Å². The number of para-hydroxylation sites is 2. The summed E-state index contributed by atoms with van der Waals surface area (Å²) in [5.41, 5.74) is 9.43. The quantitative estimate of drug-likeness (QED) is 0.0319. The van der Waals surface area contributed by atoms with Crippen molar-refractivity contribution in [1.29, 1.82) is 0 Å². The molecule has 6 aromatic carbocycles. The van der Waals surface area contributed by atoms with Crippen molar-refractivity contribution >= 4 is 111 Å². The van der Waals surface area contributed by atoms with Crippen LogP contribution in [-0.2, 0) is 22.7 Å². The van der Waals surface area contributed by atoms with E-state index in [0.717, 1.165) is 22.5 Å². The molecule has 0 aliphatic heterocycles. The Morgan fingerprint density at radius 2 is 0.753 bits per heavy atom. The summed E-state index contributed by atoms with van der Waals surface area (Å²) in [5.74, 6) is -4.41. The van der Waals surface area contributed by atoms with Gasteiger partial charge in [0.15, 0.2) is 0 Å². The monoisotopic (exact) mass is 1210 g/mol. The molecule has 0 radical (unpaired) electrons. The summed E-state index contributed by atoms with van der Waals surface area (Å²) in [5, 5.41) is 69.2. The predicted octanol–water partition coefficient (Wildman–Crippen LogP) is 7.84. The molecular weight excluding hydrogens is 1140 g/mol. The normalized spacial score (nSPS) is 12.3. The van der Waals surface area contributed by atoms with E-state index in [1.165, 1.54) is 24.3 Å².